The van der Waals surface area contributed by atoms with Crippen molar-refractivity contribution < 1.29 is 40.2 Å². The summed E-state index contributed by atoms with van der Waals surface area (Å²) < 4.78 is 112. The molecule has 0 bridgehead atoms. The number of likely N-dealkylation sites (tertiary alicyclic amines) is 1. The number of halogens is 7. The molecule has 0 amide bonds. The first-order chi connectivity index (χ1) is 20.3. The molecule has 43 heavy (non-hydrogen) atoms. The molecule has 234 valence electrons. The van der Waals surface area contributed by atoms with E-state index in [0.717, 1.165) is 17.9 Å². The van der Waals surface area contributed by atoms with E-state index in [9.17, 15) is 26.3 Å². The Kier molecular flexibility index (Phi) is 8.17. The zero-order chi connectivity index (χ0) is 31.3. The molecule has 2 atom stereocenters. The predicted octanol–water partition coefficient (Wildman–Crippen LogP) is 5.19. The molecule has 5 rings (SSSR count). The van der Waals surface area contributed by atoms with Crippen LogP contribution in [0.5, 0.6) is 11.9 Å². The Labute approximate surface area is 242 Å². The van der Waals surface area contributed by atoms with Gasteiger partial charge in [0.05, 0.1) is 29.9 Å². The minimum Gasteiger partial charge on any atom is -0.475 e. The number of aromatic nitrogens is 4. The molecule has 0 radical (unpaired) electrons. The molecule has 2 aliphatic heterocycles. The van der Waals surface area contributed by atoms with E-state index in [-0.39, 0.29) is 55.6 Å². The van der Waals surface area contributed by atoms with Crippen molar-refractivity contribution in [2.75, 3.05) is 50.0 Å². The molecule has 2 N–H and O–H groups in total. The van der Waals surface area contributed by atoms with Gasteiger partial charge in [0.15, 0.2) is 5.82 Å². The first-order valence-electron chi connectivity index (χ1n) is 13.7. The predicted molar refractivity (Wildman–Crippen MR) is 144 cm³/mol. The quantitative estimate of drug-likeness (QED) is 0.342. The largest absolute Gasteiger partial charge is 0.475 e. The summed E-state index contributed by atoms with van der Waals surface area (Å²) in [6, 6.07) is 0.426. The lowest BCUT2D eigenvalue weighted by molar-refractivity contribution is -0.137. The molecule has 3 aromatic rings. The third-order valence-electron chi connectivity index (χ3n) is 7.93. The Hall–Kier alpha value is -3.69. The molecule has 5 heterocycles. The Balaban J connectivity index is 1.71. The molecular formula is C27H30F7N7O2. The van der Waals surface area contributed by atoms with Gasteiger partial charge < -0.3 is 20.1 Å². The van der Waals surface area contributed by atoms with Crippen molar-refractivity contribution in [1.82, 2.24) is 24.8 Å². The summed E-state index contributed by atoms with van der Waals surface area (Å²) >= 11 is 0. The zero-order valence-electron chi connectivity index (χ0n) is 23.6. The average Bonchev–Trinajstić information content (AvgIpc) is 3.16. The molecule has 2 aliphatic rings. The van der Waals surface area contributed by atoms with Crippen LogP contribution in [-0.2, 0) is 6.18 Å². The first-order valence-corrected chi connectivity index (χ1v) is 13.7. The summed E-state index contributed by atoms with van der Waals surface area (Å²) in [5, 5.41) is -0.205. The second kappa shape index (κ2) is 11.4. The number of anilines is 2. The smallest absolute Gasteiger partial charge is 0.418 e. The van der Waals surface area contributed by atoms with E-state index in [1.54, 1.807) is 0 Å². The molecule has 1 unspecified atom stereocenters. The third kappa shape index (κ3) is 5.68. The topological polar surface area (TPSA) is 103 Å². The van der Waals surface area contributed by atoms with Gasteiger partial charge in [-0.1, -0.05) is 13.8 Å². The van der Waals surface area contributed by atoms with Crippen LogP contribution in [0.15, 0.2) is 6.07 Å². The minimum absolute atomic E-state index is 0.0984. The highest BCUT2D eigenvalue weighted by atomic mass is 19.4. The van der Waals surface area contributed by atoms with Crippen LogP contribution in [0.3, 0.4) is 0 Å². The molecule has 3 aromatic heterocycles. The molecule has 9 nitrogen and oxygen atoms in total. The highest BCUT2D eigenvalue weighted by Gasteiger charge is 2.45. The maximum atomic E-state index is 16.3. The minimum atomic E-state index is -4.95. The number of alkyl halides is 6. The number of likely N-dealkylation sites (N-methyl/N-ethyl adjacent to an activating group) is 1. The standard InChI is InChI=1S/C27H30F7N7O2/c1-4-26(9-14(28)10-41(26)5-2)12-43-25-38-22-18-23(39-25)40(11-16(29)30)6-7-42-24(18)37-21(20(22)31)15-8-17(35)36-13(3)19(15)27(32,33)34/h8,14,16H,4-7,9-12H2,1-3H3,(H2,35,36)/t14?,26-/m0/s1. The summed E-state index contributed by atoms with van der Waals surface area (Å²) in [7, 11) is 0. The van der Waals surface area contributed by atoms with Crippen LogP contribution in [0.25, 0.3) is 22.2 Å². The number of nitrogen functional groups attached to an aromatic ring is 1. The van der Waals surface area contributed by atoms with Gasteiger partial charge in [-0.25, -0.2) is 27.5 Å². The Morgan fingerprint density at radius 3 is 2.58 bits per heavy atom. The summed E-state index contributed by atoms with van der Waals surface area (Å²) in [5.41, 5.74) is 1.23. The lowest BCUT2D eigenvalue weighted by atomic mass is 9.93. The monoisotopic (exact) mass is 617 g/mol. The van der Waals surface area contributed by atoms with Crippen LogP contribution in [0, 0.1) is 12.7 Å². The van der Waals surface area contributed by atoms with Crippen LogP contribution in [0.1, 0.15) is 37.9 Å². The molecule has 0 spiro atoms. The summed E-state index contributed by atoms with van der Waals surface area (Å²) in [4.78, 5) is 19.3. The van der Waals surface area contributed by atoms with Gasteiger partial charge in [0.25, 0.3) is 6.43 Å². The zero-order valence-corrected chi connectivity index (χ0v) is 23.6. The highest BCUT2D eigenvalue weighted by Crippen LogP contribution is 2.44. The average molecular weight is 618 g/mol. The van der Waals surface area contributed by atoms with E-state index in [2.05, 4.69) is 19.9 Å². The number of ether oxygens (including phenoxy) is 2. The number of pyridine rings is 2. The van der Waals surface area contributed by atoms with Crippen LogP contribution < -0.4 is 20.1 Å². The van der Waals surface area contributed by atoms with E-state index in [1.807, 2.05) is 18.7 Å². The van der Waals surface area contributed by atoms with Gasteiger partial charge >= 0.3 is 12.2 Å². The molecule has 1 fully saturated rings. The number of hydrogen-bond acceptors (Lipinski definition) is 9. The van der Waals surface area contributed by atoms with Crippen molar-refractivity contribution >= 4 is 22.5 Å². The summed E-state index contributed by atoms with van der Waals surface area (Å²) in [6.45, 7) is 4.31. The maximum absolute atomic E-state index is 16.3. The number of hydrogen-bond donors (Lipinski definition) is 1. The number of nitrogens with two attached hydrogens (primary N) is 1. The Morgan fingerprint density at radius 2 is 1.93 bits per heavy atom. The van der Waals surface area contributed by atoms with Crippen LogP contribution in [-0.4, -0.2) is 82.4 Å². The van der Waals surface area contributed by atoms with E-state index < -0.39 is 70.7 Å². The van der Waals surface area contributed by atoms with Gasteiger partial charge in [-0.2, -0.15) is 23.1 Å². The Bertz CT molecular complexity index is 1520. The van der Waals surface area contributed by atoms with Gasteiger partial charge in [-0.3, -0.25) is 4.90 Å². The number of rotatable bonds is 8. The number of nitrogens with zero attached hydrogens (tertiary/aromatic N) is 6. The lowest BCUT2D eigenvalue weighted by Gasteiger charge is -2.36. The van der Waals surface area contributed by atoms with Crippen molar-refractivity contribution in [2.45, 2.75) is 57.9 Å². The highest BCUT2D eigenvalue weighted by molar-refractivity contribution is 5.97. The lowest BCUT2D eigenvalue weighted by Crippen LogP contribution is -2.48. The molecule has 16 heteroatoms. The maximum Gasteiger partial charge on any atom is 0.418 e. The molecule has 0 aromatic carbocycles. The van der Waals surface area contributed by atoms with E-state index >= 15 is 4.39 Å². The van der Waals surface area contributed by atoms with Crippen molar-refractivity contribution in [1.29, 1.82) is 0 Å². The fourth-order valence-electron chi connectivity index (χ4n) is 5.95. The van der Waals surface area contributed by atoms with E-state index in [1.165, 1.54) is 0 Å². The fourth-order valence-corrected chi connectivity index (χ4v) is 5.95. The van der Waals surface area contributed by atoms with Crippen LogP contribution in [0.2, 0.25) is 0 Å². The second-order valence-corrected chi connectivity index (χ2v) is 10.6. The summed E-state index contributed by atoms with van der Waals surface area (Å²) in [5.74, 6) is -2.13. The van der Waals surface area contributed by atoms with Crippen molar-refractivity contribution in [3.05, 3.63) is 23.1 Å². The van der Waals surface area contributed by atoms with Crippen molar-refractivity contribution in [3.63, 3.8) is 0 Å². The second-order valence-electron chi connectivity index (χ2n) is 10.6. The molecular weight excluding hydrogens is 587 g/mol. The SMILES string of the molecule is CCN1CC(F)C[C@@]1(CC)COc1nc2c3c(nc(-c4cc(N)nc(C)c4C(F)(F)F)c(F)c3n1)OCCN2CC(F)F. The van der Waals surface area contributed by atoms with Crippen LogP contribution >= 0.6 is 0 Å². The third-order valence-corrected chi connectivity index (χ3v) is 7.93. The molecule has 0 aliphatic carbocycles. The summed E-state index contributed by atoms with van der Waals surface area (Å²) in [6.07, 6.45) is -8.20. The van der Waals surface area contributed by atoms with E-state index in [0.29, 0.717) is 13.0 Å². The van der Waals surface area contributed by atoms with Gasteiger partial charge in [-0.15, -0.1) is 0 Å². The van der Waals surface area contributed by atoms with Gasteiger partial charge in [0.2, 0.25) is 5.88 Å². The van der Waals surface area contributed by atoms with Gasteiger partial charge in [0, 0.05) is 18.5 Å². The van der Waals surface area contributed by atoms with Crippen molar-refractivity contribution in [2.24, 2.45) is 0 Å². The molecule has 1 saturated heterocycles. The van der Waals surface area contributed by atoms with Gasteiger partial charge in [0.1, 0.15) is 47.6 Å². The fraction of sp³-hybridized carbons (Fsp3) is 0.556. The van der Waals surface area contributed by atoms with Crippen molar-refractivity contribution in [3.8, 4) is 23.1 Å². The Morgan fingerprint density at radius 1 is 1.19 bits per heavy atom. The first kappa shape index (κ1) is 30.8. The van der Waals surface area contributed by atoms with Gasteiger partial charge in [-0.05, 0) is 26.0 Å². The van der Waals surface area contributed by atoms with E-state index in [4.69, 9.17) is 15.2 Å². The molecule has 0 saturated carbocycles. The number of aryl methyl sites for hydroxylation is 1. The van der Waals surface area contributed by atoms with Crippen LogP contribution in [0.4, 0.5) is 42.4 Å². The normalized spacial score (nSPS) is 21.0.